The number of amides is 1. The Morgan fingerprint density at radius 1 is 1.04 bits per heavy atom. The molecule has 6 heteroatoms. The van der Waals surface area contributed by atoms with Gasteiger partial charge in [-0.15, -0.1) is 0 Å². The molecule has 1 N–H and O–H groups in total. The van der Waals surface area contributed by atoms with Crippen LogP contribution in [0.4, 0.5) is 11.4 Å². The minimum Gasteiger partial charge on any atom is -0.422 e. The van der Waals surface area contributed by atoms with Crippen molar-refractivity contribution in [1.82, 2.24) is 4.90 Å². The number of benzene rings is 2. The summed E-state index contributed by atoms with van der Waals surface area (Å²) < 4.78 is 5.29. The molecular weight excluding hydrogens is 354 g/mol. The van der Waals surface area contributed by atoms with E-state index in [-0.39, 0.29) is 5.56 Å². The molecule has 1 aliphatic rings. The van der Waals surface area contributed by atoms with Gasteiger partial charge < -0.3 is 19.5 Å². The molecule has 0 aliphatic carbocycles. The summed E-state index contributed by atoms with van der Waals surface area (Å²) in [5.41, 5.74) is 1.51. The Labute approximate surface area is 163 Å². The van der Waals surface area contributed by atoms with Crippen molar-refractivity contribution >= 4 is 28.3 Å². The number of anilines is 2. The van der Waals surface area contributed by atoms with Crippen molar-refractivity contribution in [3.63, 3.8) is 0 Å². The lowest BCUT2D eigenvalue weighted by Crippen LogP contribution is -2.46. The standard InChI is InChI=1S/C22H23N3O3/c1-2-24-11-13-25(14-12-24)19-9-5-4-8-18(19)23-21(26)17-15-16-7-3-6-10-20(16)28-22(17)27/h3-10,15H,2,11-14H2,1H3,(H,23,26). The van der Waals surface area contributed by atoms with Gasteiger partial charge in [0, 0.05) is 31.6 Å². The molecular formula is C22H23N3O3. The van der Waals surface area contributed by atoms with Crippen LogP contribution in [0, 0.1) is 0 Å². The third kappa shape index (κ3) is 3.64. The molecule has 1 fully saturated rings. The van der Waals surface area contributed by atoms with Crippen LogP contribution < -0.4 is 15.8 Å². The fraction of sp³-hybridized carbons (Fsp3) is 0.273. The molecule has 0 radical (unpaired) electrons. The first kappa shape index (κ1) is 18.3. The van der Waals surface area contributed by atoms with Crippen LogP contribution in [0.15, 0.2) is 63.8 Å². The summed E-state index contributed by atoms with van der Waals surface area (Å²) in [6.45, 7) is 7.00. The summed E-state index contributed by atoms with van der Waals surface area (Å²) in [6, 6.07) is 16.4. The van der Waals surface area contributed by atoms with Crippen molar-refractivity contribution in [2.45, 2.75) is 6.92 Å². The summed E-state index contributed by atoms with van der Waals surface area (Å²) in [6.07, 6.45) is 0. The van der Waals surface area contributed by atoms with Crippen molar-refractivity contribution < 1.29 is 9.21 Å². The minimum atomic E-state index is -0.634. The Bertz CT molecular complexity index is 1050. The monoisotopic (exact) mass is 377 g/mol. The molecule has 1 aliphatic heterocycles. The van der Waals surface area contributed by atoms with Crippen LogP contribution in [0.1, 0.15) is 17.3 Å². The van der Waals surface area contributed by atoms with Gasteiger partial charge in [0.15, 0.2) is 0 Å². The lowest BCUT2D eigenvalue weighted by molar-refractivity contribution is 0.102. The van der Waals surface area contributed by atoms with Crippen molar-refractivity contribution in [3.05, 3.63) is 70.6 Å². The number of rotatable bonds is 4. The van der Waals surface area contributed by atoms with Gasteiger partial charge >= 0.3 is 5.63 Å². The molecule has 1 amide bonds. The van der Waals surface area contributed by atoms with Gasteiger partial charge in [-0.1, -0.05) is 37.3 Å². The normalized spacial score (nSPS) is 15.0. The molecule has 28 heavy (non-hydrogen) atoms. The number of hydrogen-bond acceptors (Lipinski definition) is 5. The highest BCUT2D eigenvalue weighted by Crippen LogP contribution is 2.27. The maximum Gasteiger partial charge on any atom is 0.349 e. The highest BCUT2D eigenvalue weighted by molar-refractivity contribution is 6.06. The Morgan fingerprint density at radius 2 is 1.75 bits per heavy atom. The fourth-order valence-electron chi connectivity index (χ4n) is 3.57. The average Bonchev–Trinajstić information content (AvgIpc) is 2.73. The predicted molar refractivity (Wildman–Crippen MR) is 111 cm³/mol. The third-order valence-electron chi connectivity index (χ3n) is 5.20. The topological polar surface area (TPSA) is 65.8 Å². The molecule has 1 saturated heterocycles. The molecule has 4 rings (SSSR count). The number of para-hydroxylation sites is 3. The predicted octanol–water partition coefficient (Wildman–Crippen LogP) is 3.19. The van der Waals surface area contributed by atoms with Gasteiger partial charge in [-0.25, -0.2) is 4.79 Å². The Hall–Kier alpha value is -3.12. The van der Waals surface area contributed by atoms with E-state index in [1.54, 1.807) is 18.2 Å². The quantitative estimate of drug-likeness (QED) is 0.708. The molecule has 0 atom stereocenters. The van der Waals surface area contributed by atoms with Crippen molar-refractivity contribution in [2.24, 2.45) is 0 Å². The molecule has 6 nitrogen and oxygen atoms in total. The Balaban J connectivity index is 1.59. The SMILES string of the molecule is CCN1CCN(c2ccccc2NC(=O)c2cc3ccccc3oc2=O)CC1. The van der Waals surface area contributed by atoms with Gasteiger partial charge in [0.2, 0.25) is 0 Å². The summed E-state index contributed by atoms with van der Waals surface area (Å²) in [4.78, 5) is 29.8. The molecule has 0 bridgehead atoms. The van der Waals surface area contributed by atoms with E-state index in [0.29, 0.717) is 11.3 Å². The molecule has 3 aromatic rings. The minimum absolute atomic E-state index is 0.00399. The Kier molecular flexibility index (Phi) is 5.12. The average molecular weight is 377 g/mol. The largest absolute Gasteiger partial charge is 0.422 e. The van der Waals surface area contributed by atoms with Gasteiger partial charge in [0.05, 0.1) is 11.4 Å². The first-order valence-corrected chi connectivity index (χ1v) is 9.56. The fourth-order valence-corrected chi connectivity index (χ4v) is 3.57. The maximum atomic E-state index is 12.8. The lowest BCUT2D eigenvalue weighted by Gasteiger charge is -2.36. The number of nitrogens with zero attached hydrogens (tertiary/aromatic N) is 2. The first-order chi connectivity index (χ1) is 13.7. The zero-order valence-corrected chi connectivity index (χ0v) is 15.9. The first-order valence-electron chi connectivity index (χ1n) is 9.56. The van der Waals surface area contributed by atoms with Gasteiger partial charge in [-0.2, -0.15) is 0 Å². The number of likely N-dealkylation sites (N-methyl/N-ethyl adjacent to an activating group) is 1. The maximum absolute atomic E-state index is 12.8. The smallest absolute Gasteiger partial charge is 0.349 e. The van der Waals surface area contributed by atoms with Crippen LogP contribution in [0.25, 0.3) is 11.0 Å². The molecule has 2 heterocycles. The zero-order valence-electron chi connectivity index (χ0n) is 15.9. The second-order valence-corrected chi connectivity index (χ2v) is 6.88. The number of carbonyl (C=O) groups excluding carboxylic acids is 1. The van der Waals surface area contributed by atoms with E-state index in [2.05, 4.69) is 22.0 Å². The van der Waals surface area contributed by atoms with Crippen LogP contribution in [-0.2, 0) is 0 Å². The molecule has 0 unspecified atom stereocenters. The Morgan fingerprint density at radius 3 is 2.54 bits per heavy atom. The number of piperazine rings is 1. The van der Waals surface area contributed by atoms with Crippen LogP contribution in [0.5, 0.6) is 0 Å². The second-order valence-electron chi connectivity index (χ2n) is 6.88. The third-order valence-corrected chi connectivity index (χ3v) is 5.20. The number of fused-ring (bicyclic) bond motifs is 1. The van der Waals surface area contributed by atoms with Crippen LogP contribution in [0.3, 0.4) is 0 Å². The molecule has 144 valence electrons. The van der Waals surface area contributed by atoms with E-state index in [0.717, 1.165) is 43.8 Å². The summed E-state index contributed by atoms with van der Waals surface area (Å²) >= 11 is 0. The zero-order chi connectivity index (χ0) is 19.5. The van der Waals surface area contributed by atoms with Crippen molar-refractivity contribution in [1.29, 1.82) is 0 Å². The summed E-state index contributed by atoms with van der Waals surface area (Å²) in [5.74, 6) is -0.459. The van der Waals surface area contributed by atoms with E-state index < -0.39 is 11.5 Å². The summed E-state index contributed by atoms with van der Waals surface area (Å²) in [5, 5.41) is 3.62. The van der Waals surface area contributed by atoms with Gasteiger partial charge in [-0.05, 0) is 30.8 Å². The van der Waals surface area contributed by atoms with E-state index in [4.69, 9.17) is 4.42 Å². The van der Waals surface area contributed by atoms with Gasteiger partial charge in [-0.3, -0.25) is 4.79 Å². The number of nitrogens with one attached hydrogen (secondary N) is 1. The van der Waals surface area contributed by atoms with Crippen LogP contribution in [0.2, 0.25) is 0 Å². The highest BCUT2D eigenvalue weighted by atomic mass is 16.4. The number of hydrogen-bond donors (Lipinski definition) is 1. The molecule has 0 spiro atoms. The molecule has 0 saturated carbocycles. The van der Waals surface area contributed by atoms with Gasteiger partial charge in [0.25, 0.3) is 5.91 Å². The van der Waals surface area contributed by atoms with Gasteiger partial charge in [0.1, 0.15) is 11.1 Å². The highest BCUT2D eigenvalue weighted by Gasteiger charge is 2.20. The van der Waals surface area contributed by atoms with Crippen molar-refractivity contribution in [3.8, 4) is 0 Å². The molecule has 2 aromatic carbocycles. The lowest BCUT2D eigenvalue weighted by atomic mass is 10.1. The van der Waals surface area contributed by atoms with E-state index in [9.17, 15) is 9.59 Å². The van der Waals surface area contributed by atoms with Crippen molar-refractivity contribution in [2.75, 3.05) is 42.9 Å². The van der Waals surface area contributed by atoms with Crippen LogP contribution >= 0.6 is 0 Å². The van der Waals surface area contributed by atoms with E-state index in [1.165, 1.54) is 0 Å². The molecule has 1 aromatic heterocycles. The van der Waals surface area contributed by atoms with Crippen LogP contribution in [-0.4, -0.2) is 43.5 Å². The second kappa shape index (κ2) is 7.86. The number of carbonyl (C=O) groups is 1. The van der Waals surface area contributed by atoms with E-state index >= 15 is 0 Å². The summed E-state index contributed by atoms with van der Waals surface area (Å²) in [7, 11) is 0. The van der Waals surface area contributed by atoms with E-state index in [1.807, 2.05) is 36.4 Å².